The predicted octanol–water partition coefficient (Wildman–Crippen LogP) is 14.6. The lowest BCUT2D eigenvalue weighted by atomic mass is 9.86. The van der Waals surface area contributed by atoms with Gasteiger partial charge in [0.2, 0.25) is 0 Å². The average molecular weight is 883 g/mol. The number of carbonyl (C=O) groups excluding carboxylic acids is 1. The molecule has 0 bridgehead atoms. The molecule has 8 rings (SSSR count). The van der Waals surface area contributed by atoms with Crippen molar-refractivity contribution in [3.8, 4) is 78.1 Å². The molecule has 0 saturated heterocycles. The molecular formula is C52H38Br2N2O2. The first kappa shape index (κ1) is 38.7. The quantitative estimate of drug-likeness (QED) is 0.104. The second kappa shape index (κ2) is 17.5. The summed E-state index contributed by atoms with van der Waals surface area (Å²) in [5, 5.41) is 9.72. The Labute approximate surface area is 355 Å². The minimum absolute atomic E-state index is 0.0175. The molecule has 0 fully saturated rings. The normalized spacial score (nSPS) is 11.4. The third kappa shape index (κ3) is 8.84. The van der Waals surface area contributed by atoms with E-state index in [1.165, 1.54) is 13.0 Å². The van der Waals surface area contributed by atoms with Gasteiger partial charge in [-0.2, -0.15) is 0 Å². The summed E-state index contributed by atoms with van der Waals surface area (Å²) in [6.07, 6.45) is 6.04. The lowest BCUT2D eigenvalue weighted by Crippen LogP contribution is -1.99. The van der Waals surface area contributed by atoms with Gasteiger partial charge >= 0.3 is 0 Å². The minimum atomic E-state index is -0.105. The Kier molecular flexibility index (Phi) is 11.7. The number of pyridine rings is 2. The number of halogens is 2. The van der Waals surface area contributed by atoms with Gasteiger partial charge < -0.3 is 5.11 Å². The summed E-state index contributed by atoms with van der Waals surface area (Å²) in [6.45, 7) is 1.52. The van der Waals surface area contributed by atoms with E-state index in [1.807, 2.05) is 48.8 Å². The molecule has 1 N–H and O–H groups in total. The summed E-state index contributed by atoms with van der Waals surface area (Å²) in [4.78, 5) is 22.5. The number of nitrogens with zero attached hydrogens (tertiary/aromatic N) is 2. The van der Waals surface area contributed by atoms with Gasteiger partial charge in [0.25, 0.3) is 0 Å². The van der Waals surface area contributed by atoms with Crippen LogP contribution in [0.1, 0.15) is 18.9 Å². The van der Waals surface area contributed by atoms with Crippen LogP contribution in [-0.4, -0.2) is 20.9 Å². The molecule has 282 valence electrons. The van der Waals surface area contributed by atoms with Gasteiger partial charge in [0.1, 0.15) is 0 Å². The molecule has 0 radical (unpaired) electrons. The number of aryl methyl sites for hydroxylation is 1. The van der Waals surface area contributed by atoms with Crippen LogP contribution >= 0.6 is 31.9 Å². The maximum atomic E-state index is 12.7. The van der Waals surface area contributed by atoms with Crippen LogP contribution in [0.25, 0.3) is 78.1 Å². The molecular weight excluding hydrogens is 844 g/mol. The average Bonchev–Trinajstić information content (AvgIpc) is 3.25. The van der Waals surface area contributed by atoms with E-state index in [1.54, 1.807) is 0 Å². The van der Waals surface area contributed by atoms with Gasteiger partial charge in [0, 0.05) is 56.1 Å². The summed E-state index contributed by atoms with van der Waals surface area (Å²) >= 11 is 7.18. The second-order valence-corrected chi connectivity index (χ2v) is 16.0. The third-order valence-corrected chi connectivity index (χ3v) is 11.1. The van der Waals surface area contributed by atoms with Gasteiger partial charge in [-0.3, -0.25) is 14.8 Å². The Balaban J connectivity index is 1.25. The molecule has 58 heavy (non-hydrogen) atoms. The van der Waals surface area contributed by atoms with Gasteiger partial charge in [0.15, 0.2) is 5.78 Å². The van der Waals surface area contributed by atoms with Crippen molar-refractivity contribution in [2.45, 2.75) is 19.8 Å². The summed E-state index contributed by atoms with van der Waals surface area (Å²) in [6, 6.07) is 56.8. The Bertz CT molecular complexity index is 2640. The van der Waals surface area contributed by atoms with Gasteiger partial charge in [-0.05, 0) is 118 Å². The number of aliphatic hydroxyl groups excluding tert-OH is 1. The number of allylic oxidation sites excluding steroid dienone is 2. The summed E-state index contributed by atoms with van der Waals surface area (Å²) in [7, 11) is 0. The smallest absolute Gasteiger partial charge is 0.159 e. The molecule has 0 unspecified atom stereocenters. The molecule has 0 aliphatic rings. The molecule has 8 aromatic rings. The zero-order valence-corrected chi connectivity index (χ0v) is 34.9. The molecule has 2 aromatic heterocycles. The molecule has 0 aliphatic heterocycles. The first-order valence-corrected chi connectivity index (χ1v) is 20.6. The van der Waals surface area contributed by atoms with Crippen molar-refractivity contribution in [1.29, 1.82) is 0 Å². The number of aliphatic hydroxyl groups is 1. The van der Waals surface area contributed by atoms with Crippen LogP contribution in [0.3, 0.4) is 0 Å². The van der Waals surface area contributed by atoms with E-state index in [4.69, 9.17) is 9.97 Å². The molecule has 6 heteroatoms. The predicted molar refractivity (Wildman–Crippen MR) is 245 cm³/mol. The van der Waals surface area contributed by atoms with Gasteiger partial charge in [-0.25, -0.2) is 0 Å². The van der Waals surface area contributed by atoms with Crippen molar-refractivity contribution in [2.24, 2.45) is 0 Å². The molecule has 0 aliphatic carbocycles. The van der Waals surface area contributed by atoms with Crippen molar-refractivity contribution >= 4 is 37.6 Å². The standard InChI is InChI=1S/C52H38Br2N2O2/c1-34(57)26-45(58)23-20-35-10-2-3-15-46(35)40-27-41(49-18-6-4-16-47(49)38-21-24-51(55-32-38)36-11-8-13-43(53)30-36)29-42(28-40)50-19-7-5-17-48(50)39-22-25-52(56-33-39)37-12-9-14-44(54)31-37/h2-19,21-22,24-33,57H,20,23H2,1H3/b34-26-. The van der Waals surface area contributed by atoms with Crippen LogP contribution in [-0.2, 0) is 11.2 Å². The Hall–Kier alpha value is -6.21. The van der Waals surface area contributed by atoms with Crippen LogP contribution in [0.15, 0.2) is 197 Å². The van der Waals surface area contributed by atoms with E-state index in [0.717, 1.165) is 92.7 Å². The molecule has 0 amide bonds. The lowest BCUT2D eigenvalue weighted by Gasteiger charge is -2.18. The highest BCUT2D eigenvalue weighted by molar-refractivity contribution is 9.10. The topological polar surface area (TPSA) is 63.1 Å². The van der Waals surface area contributed by atoms with E-state index < -0.39 is 0 Å². The van der Waals surface area contributed by atoms with Gasteiger partial charge in [0.05, 0.1) is 17.1 Å². The molecule has 6 aromatic carbocycles. The van der Waals surface area contributed by atoms with E-state index in [-0.39, 0.29) is 11.5 Å². The summed E-state index contributed by atoms with van der Waals surface area (Å²) < 4.78 is 2.02. The molecule has 0 atom stereocenters. The van der Waals surface area contributed by atoms with E-state index in [9.17, 15) is 9.90 Å². The highest BCUT2D eigenvalue weighted by atomic mass is 79.9. The molecule has 0 saturated carbocycles. The number of rotatable bonds is 11. The number of hydrogen-bond acceptors (Lipinski definition) is 4. The number of benzene rings is 6. The Morgan fingerprint density at radius 1 is 0.500 bits per heavy atom. The van der Waals surface area contributed by atoms with Crippen molar-refractivity contribution in [3.63, 3.8) is 0 Å². The zero-order valence-electron chi connectivity index (χ0n) is 31.7. The number of hydrogen-bond donors (Lipinski definition) is 1. The third-order valence-electron chi connectivity index (χ3n) is 10.1. The van der Waals surface area contributed by atoms with Gasteiger partial charge in [-0.15, -0.1) is 0 Å². The fourth-order valence-electron chi connectivity index (χ4n) is 7.39. The van der Waals surface area contributed by atoms with Gasteiger partial charge in [-0.1, -0.05) is 141 Å². The number of ketones is 1. The Morgan fingerprint density at radius 3 is 1.36 bits per heavy atom. The lowest BCUT2D eigenvalue weighted by molar-refractivity contribution is -0.114. The zero-order chi connectivity index (χ0) is 40.0. The first-order chi connectivity index (χ1) is 28.3. The van der Waals surface area contributed by atoms with E-state index in [0.29, 0.717) is 12.8 Å². The largest absolute Gasteiger partial charge is 0.512 e. The van der Waals surface area contributed by atoms with Crippen molar-refractivity contribution in [2.75, 3.05) is 0 Å². The van der Waals surface area contributed by atoms with Crippen LogP contribution in [0, 0.1) is 0 Å². The fraction of sp³-hybridized carbons (Fsp3) is 0.0577. The van der Waals surface area contributed by atoms with Crippen LogP contribution in [0.4, 0.5) is 0 Å². The van der Waals surface area contributed by atoms with Crippen molar-refractivity contribution in [1.82, 2.24) is 9.97 Å². The van der Waals surface area contributed by atoms with Crippen LogP contribution in [0.2, 0.25) is 0 Å². The maximum absolute atomic E-state index is 12.7. The molecule has 4 nitrogen and oxygen atoms in total. The van der Waals surface area contributed by atoms with Crippen molar-refractivity contribution in [3.05, 3.63) is 203 Å². The second-order valence-electron chi connectivity index (χ2n) is 14.2. The monoisotopic (exact) mass is 880 g/mol. The fourth-order valence-corrected chi connectivity index (χ4v) is 8.19. The molecule has 2 heterocycles. The highest BCUT2D eigenvalue weighted by Gasteiger charge is 2.17. The van der Waals surface area contributed by atoms with E-state index in [2.05, 4.69) is 159 Å². The molecule has 0 spiro atoms. The maximum Gasteiger partial charge on any atom is 0.159 e. The SMILES string of the molecule is C/C(O)=C/C(=O)CCc1ccccc1-c1cc(-c2ccccc2-c2ccc(-c3cccc(Br)c3)nc2)cc(-c2ccccc2-c2ccc(-c3cccc(Br)c3)nc2)c1. The minimum Gasteiger partial charge on any atom is -0.512 e. The first-order valence-electron chi connectivity index (χ1n) is 19.1. The van der Waals surface area contributed by atoms with Crippen molar-refractivity contribution < 1.29 is 9.90 Å². The summed E-state index contributed by atoms with van der Waals surface area (Å²) in [5.74, 6) is -0.0879. The van der Waals surface area contributed by atoms with E-state index >= 15 is 0 Å². The number of carbonyl (C=O) groups is 1. The number of aromatic nitrogens is 2. The Morgan fingerprint density at radius 2 is 0.931 bits per heavy atom. The highest BCUT2D eigenvalue weighted by Crippen LogP contribution is 2.41. The summed E-state index contributed by atoms with van der Waals surface area (Å²) in [5.41, 5.74) is 15.5. The van der Waals surface area contributed by atoms with Crippen LogP contribution in [0.5, 0.6) is 0 Å². The van der Waals surface area contributed by atoms with Crippen LogP contribution < -0.4 is 0 Å².